The Kier molecular flexibility index (Phi) is 2.86. The van der Waals surface area contributed by atoms with Gasteiger partial charge in [-0.25, -0.2) is 4.39 Å². The van der Waals surface area contributed by atoms with E-state index < -0.39 is 5.60 Å². The Bertz CT molecular complexity index is 372. The molecule has 2 rings (SSSR count). The van der Waals surface area contributed by atoms with Gasteiger partial charge in [-0.1, -0.05) is 12.1 Å². The lowest BCUT2D eigenvalue weighted by molar-refractivity contribution is 0.0370. The first-order valence-corrected chi connectivity index (χ1v) is 5.95. The summed E-state index contributed by atoms with van der Waals surface area (Å²) in [4.78, 5) is 0. The number of hydrogen-bond acceptors (Lipinski definition) is 1. The minimum Gasteiger partial charge on any atom is -0.390 e. The smallest absolute Gasteiger partial charge is 0.137 e. The third-order valence-electron chi connectivity index (χ3n) is 3.04. The zero-order chi connectivity index (χ0) is 11.1. The van der Waals surface area contributed by atoms with Gasteiger partial charge < -0.3 is 5.11 Å². The molecule has 0 heterocycles. The standard InChI is InChI=1S/C12H14BrFO/c1-12(15,9-5-6-9)7-8-3-2-4-10(14)11(8)13/h2-4,9,15H,5-7H2,1H3. The molecule has 15 heavy (non-hydrogen) atoms. The number of benzene rings is 1. The lowest BCUT2D eigenvalue weighted by Crippen LogP contribution is -2.30. The number of halogens is 2. The summed E-state index contributed by atoms with van der Waals surface area (Å²) < 4.78 is 13.7. The van der Waals surface area contributed by atoms with Gasteiger partial charge in [0, 0.05) is 6.42 Å². The van der Waals surface area contributed by atoms with E-state index in [1.165, 1.54) is 6.07 Å². The first-order valence-electron chi connectivity index (χ1n) is 5.16. The Morgan fingerprint density at radius 1 is 1.53 bits per heavy atom. The Labute approximate surface area is 97.4 Å². The second-order valence-electron chi connectivity index (χ2n) is 4.52. The van der Waals surface area contributed by atoms with Gasteiger partial charge >= 0.3 is 0 Å². The summed E-state index contributed by atoms with van der Waals surface area (Å²) in [6.07, 6.45) is 2.68. The second kappa shape index (κ2) is 3.87. The summed E-state index contributed by atoms with van der Waals surface area (Å²) >= 11 is 3.22. The molecule has 1 saturated carbocycles. The maximum Gasteiger partial charge on any atom is 0.137 e. The van der Waals surface area contributed by atoms with Crippen molar-refractivity contribution in [3.63, 3.8) is 0 Å². The molecule has 1 fully saturated rings. The predicted molar refractivity (Wildman–Crippen MR) is 61.2 cm³/mol. The molecular weight excluding hydrogens is 259 g/mol. The molecule has 82 valence electrons. The maximum atomic E-state index is 13.2. The van der Waals surface area contributed by atoms with Crippen molar-refractivity contribution < 1.29 is 9.50 Å². The lowest BCUT2D eigenvalue weighted by atomic mass is 9.92. The minimum absolute atomic E-state index is 0.265. The van der Waals surface area contributed by atoms with E-state index in [1.807, 2.05) is 13.0 Å². The van der Waals surface area contributed by atoms with Crippen LogP contribution in [0, 0.1) is 11.7 Å². The van der Waals surface area contributed by atoms with Crippen molar-refractivity contribution in [1.29, 1.82) is 0 Å². The highest BCUT2D eigenvalue weighted by atomic mass is 79.9. The molecule has 0 spiro atoms. The van der Waals surface area contributed by atoms with Crippen molar-refractivity contribution in [2.45, 2.75) is 31.8 Å². The maximum absolute atomic E-state index is 13.2. The number of aliphatic hydroxyl groups is 1. The van der Waals surface area contributed by atoms with E-state index in [2.05, 4.69) is 15.9 Å². The van der Waals surface area contributed by atoms with Gasteiger partial charge in [-0.3, -0.25) is 0 Å². The van der Waals surface area contributed by atoms with Crippen LogP contribution in [-0.4, -0.2) is 10.7 Å². The van der Waals surface area contributed by atoms with Crippen molar-refractivity contribution in [2.75, 3.05) is 0 Å². The number of rotatable bonds is 3. The van der Waals surface area contributed by atoms with Crippen molar-refractivity contribution >= 4 is 15.9 Å². The van der Waals surface area contributed by atoms with Gasteiger partial charge in [-0.05, 0) is 53.2 Å². The molecule has 1 unspecified atom stereocenters. The zero-order valence-electron chi connectivity index (χ0n) is 8.63. The van der Waals surface area contributed by atoms with Crippen LogP contribution in [0.4, 0.5) is 4.39 Å². The molecule has 1 N–H and O–H groups in total. The molecule has 1 aromatic rings. The van der Waals surface area contributed by atoms with Crippen molar-refractivity contribution in [3.8, 4) is 0 Å². The fourth-order valence-electron chi connectivity index (χ4n) is 1.92. The first-order chi connectivity index (χ1) is 7.00. The van der Waals surface area contributed by atoms with Crippen LogP contribution in [-0.2, 0) is 6.42 Å². The molecule has 0 aromatic heterocycles. The summed E-state index contributed by atoms with van der Waals surface area (Å²) in [7, 11) is 0. The second-order valence-corrected chi connectivity index (χ2v) is 5.31. The Balaban J connectivity index is 2.20. The fourth-order valence-corrected chi connectivity index (χ4v) is 2.32. The molecule has 0 bridgehead atoms. The molecule has 1 aliphatic carbocycles. The van der Waals surface area contributed by atoms with Crippen LogP contribution < -0.4 is 0 Å². The summed E-state index contributed by atoms with van der Waals surface area (Å²) in [6, 6.07) is 4.95. The molecule has 0 saturated heterocycles. The average molecular weight is 273 g/mol. The van der Waals surface area contributed by atoms with E-state index in [-0.39, 0.29) is 5.82 Å². The first kappa shape index (κ1) is 11.1. The van der Waals surface area contributed by atoms with Gasteiger partial charge in [0.15, 0.2) is 0 Å². The Hall–Kier alpha value is -0.410. The highest BCUT2D eigenvalue weighted by Crippen LogP contribution is 2.41. The van der Waals surface area contributed by atoms with Gasteiger partial charge in [0.1, 0.15) is 5.82 Å². The van der Waals surface area contributed by atoms with Crippen LogP contribution in [0.15, 0.2) is 22.7 Å². The van der Waals surface area contributed by atoms with Crippen LogP contribution >= 0.6 is 15.9 Å². The van der Waals surface area contributed by atoms with E-state index in [0.717, 1.165) is 18.4 Å². The number of hydrogen-bond donors (Lipinski definition) is 1. The molecule has 1 nitrogen and oxygen atoms in total. The molecule has 3 heteroatoms. The highest BCUT2D eigenvalue weighted by Gasteiger charge is 2.40. The zero-order valence-corrected chi connectivity index (χ0v) is 10.2. The molecule has 0 radical (unpaired) electrons. The van der Waals surface area contributed by atoms with Gasteiger partial charge in [-0.2, -0.15) is 0 Å². The van der Waals surface area contributed by atoms with Gasteiger partial charge in [-0.15, -0.1) is 0 Å². The normalized spacial score (nSPS) is 20.0. The van der Waals surface area contributed by atoms with E-state index >= 15 is 0 Å². The molecule has 1 atom stereocenters. The van der Waals surface area contributed by atoms with Crippen molar-refractivity contribution in [2.24, 2.45) is 5.92 Å². The van der Waals surface area contributed by atoms with Crippen LogP contribution in [0.1, 0.15) is 25.3 Å². The van der Waals surface area contributed by atoms with Gasteiger partial charge in [0.25, 0.3) is 0 Å². The monoisotopic (exact) mass is 272 g/mol. The largest absolute Gasteiger partial charge is 0.390 e. The molecule has 1 aliphatic rings. The Morgan fingerprint density at radius 2 is 2.20 bits per heavy atom. The lowest BCUT2D eigenvalue weighted by Gasteiger charge is -2.23. The summed E-state index contributed by atoms with van der Waals surface area (Å²) in [6.45, 7) is 1.84. The topological polar surface area (TPSA) is 20.2 Å². The van der Waals surface area contributed by atoms with E-state index in [4.69, 9.17) is 0 Å². The van der Waals surface area contributed by atoms with E-state index in [9.17, 15) is 9.50 Å². The molecule has 0 amide bonds. The van der Waals surface area contributed by atoms with Crippen molar-refractivity contribution in [3.05, 3.63) is 34.1 Å². The quantitative estimate of drug-likeness (QED) is 0.896. The fraction of sp³-hybridized carbons (Fsp3) is 0.500. The Morgan fingerprint density at radius 3 is 2.80 bits per heavy atom. The summed E-state index contributed by atoms with van der Waals surface area (Å²) in [5, 5.41) is 10.2. The third-order valence-corrected chi connectivity index (χ3v) is 3.92. The molecule has 1 aromatic carbocycles. The minimum atomic E-state index is -0.698. The summed E-state index contributed by atoms with van der Waals surface area (Å²) in [5.41, 5.74) is 0.142. The third kappa shape index (κ3) is 2.40. The van der Waals surface area contributed by atoms with Crippen LogP contribution in [0.3, 0.4) is 0 Å². The summed E-state index contributed by atoms with van der Waals surface area (Å²) in [5.74, 6) is 0.117. The van der Waals surface area contributed by atoms with Gasteiger partial charge in [0.2, 0.25) is 0 Å². The average Bonchev–Trinajstić information content (AvgIpc) is 2.95. The molecule has 0 aliphatic heterocycles. The van der Waals surface area contributed by atoms with Crippen LogP contribution in [0.5, 0.6) is 0 Å². The SMILES string of the molecule is CC(O)(Cc1cccc(F)c1Br)C1CC1. The molecular formula is C12H14BrFO. The van der Waals surface area contributed by atoms with E-state index in [0.29, 0.717) is 16.8 Å². The predicted octanol–water partition coefficient (Wildman–Crippen LogP) is 3.29. The van der Waals surface area contributed by atoms with Crippen LogP contribution in [0.25, 0.3) is 0 Å². The van der Waals surface area contributed by atoms with Crippen molar-refractivity contribution in [1.82, 2.24) is 0 Å². The highest BCUT2D eigenvalue weighted by molar-refractivity contribution is 9.10. The van der Waals surface area contributed by atoms with Gasteiger partial charge in [0.05, 0.1) is 10.1 Å². The van der Waals surface area contributed by atoms with Crippen LogP contribution in [0.2, 0.25) is 0 Å². The van der Waals surface area contributed by atoms with E-state index in [1.54, 1.807) is 6.07 Å².